The molecule has 0 bridgehead atoms. The zero-order valence-electron chi connectivity index (χ0n) is 12.2. The molecule has 21 heavy (non-hydrogen) atoms. The van der Waals surface area contributed by atoms with Crippen LogP contribution in [0.3, 0.4) is 0 Å². The molecule has 0 unspecified atom stereocenters. The second kappa shape index (κ2) is 8.02. The van der Waals surface area contributed by atoms with Crippen LogP contribution in [0.25, 0.3) is 0 Å². The number of rotatable bonds is 5. The number of aromatic nitrogens is 1. The maximum absolute atomic E-state index is 12.1. The Balaban J connectivity index is 1.74. The van der Waals surface area contributed by atoms with E-state index in [4.69, 9.17) is 4.74 Å². The van der Waals surface area contributed by atoms with Crippen molar-refractivity contribution >= 4 is 23.6 Å². The molecular formula is C15H20N2O3S. The highest BCUT2D eigenvalue weighted by atomic mass is 32.2. The van der Waals surface area contributed by atoms with E-state index in [9.17, 15) is 9.59 Å². The molecule has 0 saturated carbocycles. The first-order valence-corrected chi connectivity index (χ1v) is 8.16. The molecule has 1 saturated heterocycles. The Kier molecular flexibility index (Phi) is 6.04. The van der Waals surface area contributed by atoms with Crippen molar-refractivity contribution in [2.75, 3.05) is 25.4 Å². The molecule has 0 atom stereocenters. The fraction of sp³-hybridized carbons (Fsp3) is 0.533. The molecule has 0 aromatic carbocycles. The van der Waals surface area contributed by atoms with Crippen molar-refractivity contribution in [2.24, 2.45) is 5.92 Å². The first-order valence-electron chi connectivity index (χ1n) is 7.18. The SMILES string of the molecule is CCOC(=O)C1CCN(C(=O)CSc2ccncc2)CC1. The fourth-order valence-electron chi connectivity index (χ4n) is 2.30. The summed E-state index contributed by atoms with van der Waals surface area (Å²) in [7, 11) is 0. The number of amides is 1. The Morgan fingerprint density at radius 1 is 1.33 bits per heavy atom. The molecule has 1 aromatic rings. The summed E-state index contributed by atoms with van der Waals surface area (Å²) in [5, 5.41) is 0. The van der Waals surface area contributed by atoms with Gasteiger partial charge in [-0.15, -0.1) is 11.8 Å². The Labute approximate surface area is 129 Å². The summed E-state index contributed by atoms with van der Waals surface area (Å²) in [5.74, 6) is 0.366. The number of nitrogens with zero attached hydrogens (tertiary/aromatic N) is 2. The van der Waals surface area contributed by atoms with Gasteiger partial charge in [-0.2, -0.15) is 0 Å². The van der Waals surface area contributed by atoms with E-state index in [0.29, 0.717) is 38.3 Å². The molecule has 2 rings (SSSR count). The molecule has 1 amide bonds. The molecule has 114 valence electrons. The zero-order valence-corrected chi connectivity index (χ0v) is 13.0. The summed E-state index contributed by atoms with van der Waals surface area (Å²) in [6.45, 7) is 3.51. The van der Waals surface area contributed by atoms with Crippen LogP contribution in [0.2, 0.25) is 0 Å². The smallest absolute Gasteiger partial charge is 0.309 e. The first kappa shape index (κ1) is 15.8. The Morgan fingerprint density at radius 3 is 2.62 bits per heavy atom. The van der Waals surface area contributed by atoms with Gasteiger partial charge in [-0.1, -0.05) is 0 Å². The van der Waals surface area contributed by atoms with Crippen LogP contribution >= 0.6 is 11.8 Å². The molecule has 6 heteroatoms. The van der Waals surface area contributed by atoms with E-state index in [0.717, 1.165) is 4.90 Å². The number of hydrogen-bond acceptors (Lipinski definition) is 5. The van der Waals surface area contributed by atoms with Gasteiger partial charge in [-0.3, -0.25) is 14.6 Å². The highest BCUT2D eigenvalue weighted by Gasteiger charge is 2.27. The molecule has 0 spiro atoms. The number of esters is 1. The lowest BCUT2D eigenvalue weighted by Crippen LogP contribution is -2.41. The number of thioether (sulfide) groups is 1. The fourth-order valence-corrected chi connectivity index (χ4v) is 3.08. The van der Waals surface area contributed by atoms with E-state index < -0.39 is 0 Å². The molecule has 0 N–H and O–H groups in total. The van der Waals surface area contributed by atoms with Gasteiger partial charge >= 0.3 is 5.97 Å². The van der Waals surface area contributed by atoms with Crippen LogP contribution in [0.1, 0.15) is 19.8 Å². The maximum Gasteiger partial charge on any atom is 0.309 e. The van der Waals surface area contributed by atoms with Crippen molar-refractivity contribution < 1.29 is 14.3 Å². The molecule has 0 radical (unpaired) electrons. The second-order valence-electron chi connectivity index (χ2n) is 4.88. The maximum atomic E-state index is 12.1. The molecule has 0 aliphatic carbocycles. The quantitative estimate of drug-likeness (QED) is 0.615. The van der Waals surface area contributed by atoms with Gasteiger partial charge in [0, 0.05) is 30.4 Å². The standard InChI is InChI=1S/C15H20N2O3S/c1-2-20-15(19)12-5-9-17(10-6-12)14(18)11-21-13-3-7-16-8-4-13/h3-4,7-8,12H,2,5-6,9-11H2,1H3. The number of pyridine rings is 1. The highest BCUT2D eigenvalue weighted by molar-refractivity contribution is 8.00. The molecule has 1 aromatic heterocycles. The Morgan fingerprint density at radius 2 is 2.00 bits per heavy atom. The van der Waals surface area contributed by atoms with Crippen molar-refractivity contribution in [3.05, 3.63) is 24.5 Å². The Bertz CT molecular complexity index is 473. The van der Waals surface area contributed by atoms with Crippen LogP contribution in [-0.4, -0.2) is 47.2 Å². The summed E-state index contributed by atoms with van der Waals surface area (Å²) in [6.07, 6.45) is 4.84. The predicted molar refractivity (Wildman–Crippen MR) is 80.9 cm³/mol. The van der Waals surface area contributed by atoms with Crippen molar-refractivity contribution in [1.29, 1.82) is 0 Å². The van der Waals surface area contributed by atoms with Crippen molar-refractivity contribution in [3.8, 4) is 0 Å². The summed E-state index contributed by atoms with van der Waals surface area (Å²) in [5.41, 5.74) is 0. The molecular weight excluding hydrogens is 288 g/mol. The van der Waals surface area contributed by atoms with E-state index in [1.807, 2.05) is 24.0 Å². The number of hydrogen-bond donors (Lipinski definition) is 0. The van der Waals surface area contributed by atoms with Crippen LogP contribution in [0, 0.1) is 5.92 Å². The number of likely N-dealkylation sites (tertiary alicyclic amines) is 1. The highest BCUT2D eigenvalue weighted by Crippen LogP contribution is 2.21. The topological polar surface area (TPSA) is 59.5 Å². The van der Waals surface area contributed by atoms with Crippen LogP contribution < -0.4 is 0 Å². The third-order valence-corrected chi connectivity index (χ3v) is 4.48. The average Bonchev–Trinajstić information content (AvgIpc) is 2.54. The van der Waals surface area contributed by atoms with Gasteiger partial charge < -0.3 is 9.64 Å². The van der Waals surface area contributed by atoms with Crippen LogP contribution in [0.15, 0.2) is 29.4 Å². The lowest BCUT2D eigenvalue weighted by Gasteiger charge is -2.30. The van der Waals surface area contributed by atoms with Gasteiger partial charge in [0.25, 0.3) is 0 Å². The minimum atomic E-state index is -0.129. The van der Waals surface area contributed by atoms with Gasteiger partial charge in [0.1, 0.15) is 0 Å². The van der Waals surface area contributed by atoms with Gasteiger partial charge in [-0.05, 0) is 31.9 Å². The lowest BCUT2D eigenvalue weighted by molar-refractivity contribution is -0.151. The van der Waals surface area contributed by atoms with Crippen LogP contribution in [-0.2, 0) is 14.3 Å². The lowest BCUT2D eigenvalue weighted by atomic mass is 9.97. The summed E-state index contributed by atoms with van der Waals surface area (Å²) in [6, 6.07) is 3.79. The van der Waals surface area contributed by atoms with Crippen molar-refractivity contribution in [1.82, 2.24) is 9.88 Å². The number of carbonyl (C=O) groups excluding carboxylic acids is 2. The van der Waals surface area contributed by atoms with Crippen molar-refractivity contribution in [2.45, 2.75) is 24.7 Å². The van der Waals surface area contributed by atoms with Gasteiger partial charge in [-0.25, -0.2) is 0 Å². The van der Waals surface area contributed by atoms with Crippen molar-refractivity contribution in [3.63, 3.8) is 0 Å². The molecule has 1 aliphatic rings. The van der Waals surface area contributed by atoms with E-state index in [1.165, 1.54) is 11.8 Å². The van der Waals surface area contributed by atoms with Gasteiger partial charge in [0.05, 0.1) is 18.3 Å². The van der Waals surface area contributed by atoms with E-state index in [2.05, 4.69) is 4.98 Å². The minimum Gasteiger partial charge on any atom is -0.466 e. The Hall–Kier alpha value is -1.56. The predicted octanol–water partition coefficient (Wildman–Crippen LogP) is 1.98. The minimum absolute atomic E-state index is 0.0538. The van der Waals surface area contributed by atoms with Gasteiger partial charge in [0.2, 0.25) is 5.91 Å². The molecule has 1 aliphatic heterocycles. The van der Waals surface area contributed by atoms with E-state index in [-0.39, 0.29) is 17.8 Å². The molecule has 1 fully saturated rings. The monoisotopic (exact) mass is 308 g/mol. The normalized spacial score (nSPS) is 15.8. The average molecular weight is 308 g/mol. The summed E-state index contributed by atoms with van der Waals surface area (Å²) < 4.78 is 5.03. The van der Waals surface area contributed by atoms with Crippen LogP contribution in [0.4, 0.5) is 0 Å². The third kappa shape index (κ3) is 4.74. The first-order chi connectivity index (χ1) is 10.2. The number of piperidine rings is 1. The van der Waals surface area contributed by atoms with E-state index in [1.54, 1.807) is 12.4 Å². The zero-order chi connectivity index (χ0) is 15.1. The second-order valence-corrected chi connectivity index (χ2v) is 5.93. The number of carbonyl (C=O) groups is 2. The summed E-state index contributed by atoms with van der Waals surface area (Å²) >= 11 is 1.51. The van der Waals surface area contributed by atoms with Gasteiger partial charge in [0.15, 0.2) is 0 Å². The summed E-state index contributed by atoms with van der Waals surface area (Å²) in [4.78, 5) is 30.6. The third-order valence-electron chi connectivity index (χ3n) is 3.48. The van der Waals surface area contributed by atoms with Crippen LogP contribution in [0.5, 0.6) is 0 Å². The largest absolute Gasteiger partial charge is 0.466 e. The molecule has 2 heterocycles. The number of ether oxygens (including phenoxy) is 1. The molecule has 5 nitrogen and oxygen atoms in total. The van der Waals surface area contributed by atoms with E-state index >= 15 is 0 Å².